The Morgan fingerprint density at radius 1 is 1.37 bits per heavy atom. The van der Waals surface area contributed by atoms with Gasteiger partial charge in [-0.1, -0.05) is 13.8 Å². The maximum absolute atomic E-state index is 6.17. The van der Waals surface area contributed by atoms with Crippen molar-refractivity contribution in [1.82, 2.24) is 9.55 Å². The fraction of sp³-hybridized carbons (Fsp3) is 0.400. The minimum atomic E-state index is 0.543. The summed E-state index contributed by atoms with van der Waals surface area (Å²) in [4.78, 5) is 4.43. The molecule has 1 aromatic heterocycles. The van der Waals surface area contributed by atoms with Crippen LogP contribution in [0.15, 0.2) is 24.5 Å². The van der Waals surface area contributed by atoms with Crippen LogP contribution in [0.1, 0.15) is 19.4 Å². The van der Waals surface area contributed by atoms with Crippen molar-refractivity contribution in [1.29, 1.82) is 0 Å². The molecule has 2 rings (SSSR count). The molecule has 0 spiro atoms. The van der Waals surface area contributed by atoms with Crippen molar-refractivity contribution in [3.63, 3.8) is 0 Å². The summed E-state index contributed by atoms with van der Waals surface area (Å²) in [5.74, 6) is 2.14. The first kappa shape index (κ1) is 13.5. The van der Waals surface area contributed by atoms with Crippen molar-refractivity contribution in [3.05, 3.63) is 30.1 Å². The molecule has 2 N–H and O–H groups in total. The molecule has 4 heteroatoms. The Hall–Kier alpha value is -1.97. The first-order chi connectivity index (χ1) is 9.02. The summed E-state index contributed by atoms with van der Waals surface area (Å²) in [5, 5.41) is 0. The predicted molar refractivity (Wildman–Crippen MR) is 78.2 cm³/mol. The first-order valence-electron chi connectivity index (χ1n) is 6.48. The first-order valence-corrected chi connectivity index (χ1v) is 6.48. The van der Waals surface area contributed by atoms with Gasteiger partial charge >= 0.3 is 0 Å². The van der Waals surface area contributed by atoms with Crippen LogP contribution < -0.4 is 10.5 Å². The SMILES string of the molecule is COc1ccc(-c2ncn(CC(C)C)c2N)cc1C. The second-order valence-corrected chi connectivity index (χ2v) is 5.21. The van der Waals surface area contributed by atoms with Crippen LogP contribution in [0.5, 0.6) is 5.75 Å². The third-order valence-corrected chi connectivity index (χ3v) is 3.11. The minimum absolute atomic E-state index is 0.543. The Kier molecular flexibility index (Phi) is 3.79. The fourth-order valence-electron chi connectivity index (χ4n) is 2.18. The summed E-state index contributed by atoms with van der Waals surface area (Å²) < 4.78 is 7.27. The van der Waals surface area contributed by atoms with Gasteiger partial charge in [0.2, 0.25) is 0 Å². The van der Waals surface area contributed by atoms with Crippen LogP contribution in [0.25, 0.3) is 11.3 Å². The van der Waals surface area contributed by atoms with Crippen molar-refractivity contribution in [2.24, 2.45) is 5.92 Å². The molecule has 0 aliphatic carbocycles. The van der Waals surface area contributed by atoms with E-state index in [2.05, 4.69) is 24.9 Å². The molecule has 2 aromatic rings. The highest BCUT2D eigenvalue weighted by atomic mass is 16.5. The number of aromatic nitrogens is 2. The molecule has 0 radical (unpaired) electrons. The predicted octanol–water partition coefficient (Wildman–Crippen LogP) is 3.11. The molecule has 0 saturated carbocycles. The van der Waals surface area contributed by atoms with E-state index in [4.69, 9.17) is 10.5 Å². The van der Waals surface area contributed by atoms with Gasteiger partial charge in [0.1, 0.15) is 17.3 Å². The average molecular weight is 259 g/mol. The molecule has 1 heterocycles. The third kappa shape index (κ3) is 2.72. The summed E-state index contributed by atoms with van der Waals surface area (Å²) in [6, 6.07) is 5.99. The van der Waals surface area contributed by atoms with E-state index in [1.54, 1.807) is 7.11 Å². The van der Waals surface area contributed by atoms with E-state index < -0.39 is 0 Å². The quantitative estimate of drug-likeness (QED) is 0.918. The van der Waals surface area contributed by atoms with Crippen LogP contribution in [0.2, 0.25) is 0 Å². The van der Waals surface area contributed by atoms with Gasteiger partial charge in [-0.15, -0.1) is 0 Å². The summed E-state index contributed by atoms with van der Waals surface area (Å²) in [7, 11) is 1.67. The van der Waals surface area contributed by atoms with Gasteiger partial charge in [0.05, 0.1) is 13.4 Å². The highest BCUT2D eigenvalue weighted by Crippen LogP contribution is 2.29. The fourth-order valence-corrected chi connectivity index (χ4v) is 2.18. The maximum atomic E-state index is 6.17. The Balaban J connectivity index is 2.37. The lowest BCUT2D eigenvalue weighted by Gasteiger charge is -2.09. The molecule has 0 aliphatic rings. The Morgan fingerprint density at radius 2 is 2.11 bits per heavy atom. The summed E-state index contributed by atoms with van der Waals surface area (Å²) >= 11 is 0. The number of methoxy groups -OCH3 is 1. The number of hydrogen-bond acceptors (Lipinski definition) is 3. The normalized spacial score (nSPS) is 11.0. The standard InChI is InChI=1S/C15H21N3O/c1-10(2)8-18-9-17-14(15(18)16)12-5-6-13(19-4)11(3)7-12/h5-7,9-10H,8,16H2,1-4H3. The van der Waals surface area contributed by atoms with Gasteiger partial charge in [0.25, 0.3) is 0 Å². The molecule has 0 aliphatic heterocycles. The number of imidazole rings is 1. The molecule has 0 unspecified atom stereocenters. The number of rotatable bonds is 4. The summed E-state index contributed by atoms with van der Waals surface area (Å²) in [5.41, 5.74) is 9.12. The van der Waals surface area contributed by atoms with Crippen LogP contribution in [0.4, 0.5) is 5.82 Å². The largest absolute Gasteiger partial charge is 0.496 e. The lowest BCUT2D eigenvalue weighted by Crippen LogP contribution is -2.06. The number of nitrogens with zero attached hydrogens (tertiary/aromatic N) is 2. The van der Waals surface area contributed by atoms with E-state index in [0.717, 1.165) is 34.9 Å². The highest BCUT2D eigenvalue weighted by Gasteiger charge is 2.11. The van der Waals surface area contributed by atoms with E-state index in [-0.39, 0.29) is 0 Å². The molecule has 1 aromatic carbocycles. The lowest BCUT2D eigenvalue weighted by molar-refractivity contribution is 0.412. The molecular formula is C15H21N3O. The molecule has 102 valence electrons. The van der Waals surface area contributed by atoms with Crippen molar-refractivity contribution in [3.8, 4) is 17.0 Å². The zero-order valence-electron chi connectivity index (χ0n) is 12.0. The molecule has 0 fully saturated rings. The number of aryl methyl sites for hydroxylation is 1. The third-order valence-electron chi connectivity index (χ3n) is 3.11. The Morgan fingerprint density at radius 3 is 2.68 bits per heavy atom. The van der Waals surface area contributed by atoms with Gasteiger partial charge < -0.3 is 15.0 Å². The van der Waals surface area contributed by atoms with E-state index >= 15 is 0 Å². The van der Waals surface area contributed by atoms with Crippen LogP contribution >= 0.6 is 0 Å². The van der Waals surface area contributed by atoms with Gasteiger partial charge in [-0.05, 0) is 36.6 Å². The second kappa shape index (κ2) is 5.34. The highest BCUT2D eigenvalue weighted by molar-refractivity contribution is 5.71. The van der Waals surface area contributed by atoms with Crippen LogP contribution in [-0.4, -0.2) is 16.7 Å². The van der Waals surface area contributed by atoms with E-state index in [1.807, 2.05) is 30.0 Å². The zero-order chi connectivity index (χ0) is 14.0. The molecule has 0 saturated heterocycles. The van der Waals surface area contributed by atoms with Crippen LogP contribution in [0, 0.1) is 12.8 Å². The number of nitrogens with two attached hydrogens (primary N) is 1. The average Bonchev–Trinajstić information content (AvgIpc) is 2.70. The van der Waals surface area contributed by atoms with Gasteiger partial charge in [0, 0.05) is 12.1 Å². The maximum Gasteiger partial charge on any atom is 0.131 e. The van der Waals surface area contributed by atoms with Crippen molar-refractivity contribution in [2.75, 3.05) is 12.8 Å². The summed E-state index contributed by atoms with van der Waals surface area (Å²) in [6.45, 7) is 7.23. The van der Waals surface area contributed by atoms with Crippen LogP contribution in [-0.2, 0) is 6.54 Å². The van der Waals surface area contributed by atoms with E-state index in [9.17, 15) is 0 Å². The van der Waals surface area contributed by atoms with Gasteiger partial charge in [0.15, 0.2) is 0 Å². The number of benzene rings is 1. The topological polar surface area (TPSA) is 53.1 Å². The minimum Gasteiger partial charge on any atom is -0.496 e. The Labute approximate surface area is 114 Å². The van der Waals surface area contributed by atoms with Crippen molar-refractivity contribution >= 4 is 5.82 Å². The van der Waals surface area contributed by atoms with Crippen molar-refractivity contribution < 1.29 is 4.74 Å². The lowest BCUT2D eigenvalue weighted by atomic mass is 10.1. The Bertz CT molecular complexity index is 573. The number of anilines is 1. The van der Waals surface area contributed by atoms with Gasteiger partial charge in [-0.3, -0.25) is 0 Å². The molecule has 19 heavy (non-hydrogen) atoms. The van der Waals surface area contributed by atoms with Crippen molar-refractivity contribution in [2.45, 2.75) is 27.3 Å². The monoisotopic (exact) mass is 259 g/mol. The van der Waals surface area contributed by atoms with Gasteiger partial charge in [-0.25, -0.2) is 4.98 Å². The molecule has 0 atom stereocenters. The molecule has 0 bridgehead atoms. The molecular weight excluding hydrogens is 238 g/mol. The number of nitrogen functional groups attached to an aromatic ring is 1. The summed E-state index contributed by atoms with van der Waals surface area (Å²) in [6.07, 6.45) is 1.81. The smallest absolute Gasteiger partial charge is 0.131 e. The number of ether oxygens (including phenoxy) is 1. The molecule has 4 nitrogen and oxygen atoms in total. The second-order valence-electron chi connectivity index (χ2n) is 5.21. The van der Waals surface area contributed by atoms with E-state index in [0.29, 0.717) is 5.92 Å². The zero-order valence-corrected chi connectivity index (χ0v) is 12.0. The number of hydrogen-bond donors (Lipinski definition) is 1. The van der Waals surface area contributed by atoms with Crippen LogP contribution in [0.3, 0.4) is 0 Å². The van der Waals surface area contributed by atoms with E-state index in [1.165, 1.54) is 0 Å². The van der Waals surface area contributed by atoms with Gasteiger partial charge in [-0.2, -0.15) is 0 Å². The molecule has 0 amide bonds.